The van der Waals surface area contributed by atoms with E-state index in [4.69, 9.17) is 9.05 Å². The third-order valence-corrected chi connectivity index (χ3v) is 6.20. The number of aliphatic hydroxyl groups is 1. The van der Waals surface area contributed by atoms with Crippen molar-refractivity contribution in [1.29, 1.82) is 0 Å². The smallest absolute Gasteiger partial charge is 0.371 e. The summed E-state index contributed by atoms with van der Waals surface area (Å²) >= 11 is 0. The second-order valence-electron chi connectivity index (χ2n) is 5.19. The lowest BCUT2D eigenvalue weighted by molar-refractivity contribution is 0.221. The zero-order valence-electron chi connectivity index (χ0n) is 12.2. The average Bonchev–Trinajstić information content (AvgIpc) is 2.78. The molecule has 2 heterocycles. The van der Waals surface area contributed by atoms with Gasteiger partial charge in [-0.2, -0.15) is 0 Å². The van der Waals surface area contributed by atoms with Gasteiger partial charge >= 0.3 is 13.5 Å². The van der Waals surface area contributed by atoms with Gasteiger partial charge in [-0.25, -0.2) is 4.48 Å². The average molecular weight is 308 g/mol. The third kappa shape index (κ3) is 1.93. The van der Waals surface area contributed by atoms with Gasteiger partial charge in [0.05, 0.1) is 12.1 Å². The molecule has 0 bridgehead atoms. The number of rotatable bonds is 3. The highest BCUT2D eigenvalue weighted by molar-refractivity contribution is 7.65. The molecule has 0 saturated heterocycles. The Bertz CT molecular complexity index is 674. The first-order valence-corrected chi connectivity index (χ1v) is 8.41. The number of quaternary nitrogens is 1. The molecule has 0 radical (unpaired) electrons. The molecule has 6 heteroatoms. The fourth-order valence-corrected chi connectivity index (χ4v) is 4.62. The normalized spacial score (nSPS) is 24.7. The first-order chi connectivity index (χ1) is 10.1. The van der Waals surface area contributed by atoms with Gasteiger partial charge in [0.2, 0.25) is 0 Å². The standard InChI is InChI=1S/C15H18NO4P/c1-19-21(18,20-2)14-12-8-4-5-9-13(12)16(15(14)17)10-6-3-7-11-16/h3-6,8-9H,7,10-11H2,1-2H3/p+1. The Kier molecular flexibility index (Phi) is 3.54. The third-order valence-electron chi connectivity index (χ3n) is 4.25. The summed E-state index contributed by atoms with van der Waals surface area (Å²) in [5.41, 5.74) is 1.70. The van der Waals surface area contributed by atoms with E-state index in [0.29, 0.717) is 16.3 Å². The van der Waals surface area contributed by atoms with Crippen molar-refractivity contribution in [1.82, 2.24) is 4.48 Å². The van der Waals surface area contributed by atoms with Gasteiger partial charge in [0.25, 0.3) is 0 Å². The maximum absolute atomic E-state index is 12.9. The molecule has 1 spiro atoms. The molecule has 1 N–H and O–H groups in total. The summed E-state index contributed by atoms with van der Waals surface area (Å²) in [7, 11) is -0.842. The number of hydrogen-bond donors (Lipinski definition) is 1. The van der Waals surface area contributed by atoms with E-state index in [1.165, 1.54) is 14.2 Å². The van der Waals surface area contributed by atoms with Crippen molar-refractivity contribution in [3.8, 4) is 0 Å². The summed E-state index contributed by atoms with van der Waals surface area (Å²) in [5.74, 6) is 0.0765. The van der Waals surface area contributed by atoms with Crippen LogP contribution in [0.4, 0.5) is 5.69 Å². The molecule has 112 valence electrons. The lowest BCUT2D eigenvalue weighted by Gasteiger charge is -2.34. The molecule has 0 saturated carbocycles. The lowest BCUT2D eigenvalue weighted by atomic mass is 10.1. The maximum atomic E-state index is 12.9. The Morgan fingerprint density at radius 2 is 1.90 bits per heavy atom. The quantitative estimate of drug-likeness (QED) is 0.526. The zero-order chi connectivity index (χ0) is 15.1. The van der Waals surface area contributed by atoms with Crippen LogP contribution in [0.5, 0.6) is 0 Å². The lowest BCUT2D eigenvalue weighted by Crippen LogP contribution is -2.49. The fraction of sp³-hybridized carbons (Fsp3) is 0.333. The summed E-state index contributed by atoms with van der Waals surface area (Å²) in [5, 5.41) is 11.2. The van der Waals surface area contributed by atoms with Crippen LogP contribution in [0.25, 0.3) is 5.31 Å². The SMILES string of the molecule is COP(=O)(OC)C1=C(O)[N+]2(CC=CCC2)c2ccccc21. The predicted molar refractivity (Wildman–Crippen MR) is 82.9 cm³/mol. The maximum Gasteiger partial charge on any atom is 0.371 e. The minimum atomic E-state index is -3.52. The Balaban J connectivity index is 2.28. The largest absolute Gasteiger partial charge is 0.466 e. The number of para-hydroxylation sites is 1. The molecule has 0 fully saturated rings. The number of nitrogens with zero attached hydrogens (tertiary/aromatic N) is 1. The fourth-order valence-electron chi connectivity index (χ4n) is 3.18. The topological polar surface area (TPSA) is 55.8 Å². The molecule has 1 aromatic carbocycles. The number of hydrogen-bond acceptors (Lipinski definition) is 4. The summed E-state index contributed by atoms with van der Waals surface area (Å²) < 4.78 is 23.4. The monoisotopic (exact) mass is 308 g/mol. The van der Waals surface area contributed by atoms with Crippen LogP contribution in [0.2, 0.25) is 0 Å². The van der Waals surface area contributed by atoms with Crippen molar-refractivity contribution in [2.24, 2.45) is 0 Å². The van der Waals surface area contributed by atoms with Crippen molar-refractivity contribution in [2.45, 2.75) is 6.42 Å². The second kappa shape index (κ2) is 5.11. The molecule has 1 atom stereocenters. The Hall–Kier alpha value is -1.39. The van der Waals surface area contributed by atoms with Gasteiger partial charge in [-0.05, 0) is 12.1 Å². The molecule has 5 nitrogen and oxygen atoms in total. The van der Waals surface area contributed by atoms with Gasteiger partial charge < -0.3 is 14.2 Å². The summed E-state index contributed by atoms with van der Waals surface area (Å²) in [6.45, 7) is 1.37. The van der Waals surface area contributed by atoms with Gasteiger partial charge in [0, 0.05) is 26.7 Å². The molecule has 0 aliphatic carbocycles. The van der Waals surface area contributed by atoms with E-state index in [1.54, 1.807) is 0 Å². The van der Waals surface area contributed by atoms with Crippen LogP contribution in [0.1, 0.15) is 12.0 Å². The van der Waals surface area contributed by atoms with Crippen LogP contribution in [0.15, 0.2) is 42.3 Å². The highest BCUT2D eigenvalue weighted by Crippen LogP contribution is 2.65. The van der Waals surface area contributed by atoms with Crippen LogP contribution >= 0.6 is 7.60 Å². The molecule has 21 heavy (non-hydrogen) atoms. The summed E-state index contributed by atoms with van der Waals surface area (Å²) in [6.07, 6.45) is 5.00. The Morgan fingerprint density at radius 3 is 2.52 bits per heavy atom. The molecule has 0 amide bonds. The first-order valence-electron chi connectivity index (χ1n) is 6.87. The van der Waals surface area contributed by atoms with Crippen LogP contribution in [0.3, 0.4) is 0 Å². The Labute approximate surface area is 124 Å². The van der Waals surface area contributed by atoms with E-state index in [2.05, 4.69) is 6.08 Å². The van der Waals surface area contributed by atoms with E-state index in [0.717, 1.165) is 24.2 Å². The number of fused-ring (bicyclic) bond motifs is 2. The zero-order valence-corrected chi connectivity index (χ0v) is 13.0. The highest BCUT2D eigenvalue weighted by Gasteiger charge is 2.52. The van der Waals surface area contributed by atoms with Crippen LogP contribution in [0, 0.1) is 0 Å². The first kappa shape index (κ1) is 14.5. The van der Waals surface area contributed by atoms with Crippen LogP contribution in [-0.2, 0) is 13.6 Å². The van der Waals surface area contributed by atoms with E-state index in [-0.39, 0.29) is 5.88 Å². The Morgan fingerprint density at radius 1 is 1.19 bits per heavy atom. The molecule has 2 aliphatic rings. The van der Waals surface area contributed by atoms with E-state index < -0.39 is 7.60 Å². The van der Waals surface area contributed by atoms with E-state index in [1.807, 2.05) is 30.3 Å². The van der Waals surface area contributed by atoms with E-state index >= 15 is 0 Å². The summed E-state index contributed by atoms with van der Waals surface area (Å²) in [6, 6.07) is 7.62. The summed E-state index contributed by atoms with van der Waals surface area (Å²) in [4.78, 5) is 0. The molecule has 2 aliphatic heterocycles. The van der Waals surface area contributed by atoms with Crippen molar-refractivity contribution in [2.75, 3.05) is 27.3 Å². The molecular weight excluding hydrogens is 289 g/mol. The molecule has 0 aromatic heterocycles. The minimum Gasteiger partial charge on any atom is -0.466 e. The van der Waals surface area contributed by atoms with Crippen LogP contribution in [-0.4, -0.2) is 32.4 Å². The van der Waals surface area contributed by atoms with Gasteiger partial charge in [0.15, 0.2) is 5.31 Å². The molecule has 1 aromatic rings. The van der Waals surface area contributed by atoms with Gasteiger partial charge in [-0.3, -0.25) is 4.57 Å². The predicted octanol–water partition coefficient (Wildman–Crippen LogP) is 3.64. The van der Waals surface area contributed by atoms with Crippen molar-refractivity contribution < 1.29 is 18.7 Å². The van der Waals surface area contributed by atoms with Crippen molar-refractivity contribution in [3.63, 3.8) is 0 Å². The van der Waals surface area contributed by atoms with E-state index in [9.17, 15) is 9.67 Å². The van der Waals surface area contributed by atoms with Gasteiger partial charge in [0.1, 0.15) is 12.2 Å². The molecular formula is C15H19NO4P+. The number of aliphatic hydroxyl groups excluding tert-OH is 1. The van der Waals surface area contributed by atoms with Crippen LogP contribution < -0.4 is 4.48 Å². The second-order valence-corrected chi connectivity index (χ2v) is 7.36. The van der Waals surface area contributed by atoms with Gasteiger partial charge in [-0.15, -0.1) is 0 Å². The molecule has 3 rings (SSSR count). The van der Waals surface area contributed by atoms with Gasteiger partial charge in [-0.1, -0.05) is 18.2 Å². The molecule has 1 unspecified atom stereocenters. The number of benzene rings is 1. The minimum absolute atomic E-state index is 0.0765. The van der Waals surface area contributed by atoms with Crippen molar-refractivity contribution >= 4 is 18.6 Å². The highest BCUT2D eigenvalue weighted by atomic mass is 31.2. The van der Waals surface area contributed by atoms with Crippen molar-refractivity contribution in [3.05, 3.63) is 47.9 Å².